The molecule has 0 heterocycles. The molecule has 1 unspecified atom stereocenters. The Morgan fingerprint density at radius 3 is 1.75 bits per heavy atom. The molecule has 0 N–H and O–H groups in total. The molecule has 0 spiro atoms. The third-order valence-corrected chi connectivity index (χ3v) is 6.55. The summed E-state index contributed by atoms with van der Waals surface area (Å²) in [6, 6.07) is 0. The Hall–Kier alpha value is 0.430. The minimum atomic E-state index is -3.55. The van der Waals surface area contributed by atoms with Crippen molar-refractivity contribution < 1.29 is 18.6 Å². The van der Waals surface area contributed by atoms with Crippen LogP contribution in [0.4, 0.5) is 0 Å². The van der Waals surface area contributed by atoms with Gasteiger partial charge in [-0.25, -0.2) is 0 Å². The maximum Gasteiger partial charge on any atom is 0.380 e. The maximum atomic E-state index is 11.4. The van der Waals surface area contributed by atoms with Crippen molar-refractivity contribution >= 4 is 28.6 Å². The molecule has 0 aliphatic carbocycles. The topological polar surface area (TPSA) is 44.8 Å². The molecule has 0 fully saturated rings. The van der Waals surface area contributed by atoms with Gasteiger partial charge in [-0.2, -0.15) is 0 Å². The van der Waals surface area contributed by atoms with E-state index in [1.807, 2.05) is 6.08 Å². The zero-order valence-corrected chi connectivity index (χ0v) is 23.0. The van der Waals surface area contributed by atoms with Crippen molar-refractivity contribution in [2.24, 2.45) is 0 Å². The van der Waals surface area contributed by atoms with Crippen molar-refractivity contribution in [1.29, 1.82) is 0 Å². The van der Waals surface area contributed by atoms with E-state index in [0.717, 1.165) is 25.7 Å². The molecule has 0 aromatic heterocycles. The fraction of sp³-hybridized carbons (Fsp3) is 0.920. The molecule has 0 aromatic carbocycles. The van der Waals surface area contributed by atoms with Crippen LogP contribution in [0.3, 0.4) is 0 Å². The number of rotatable bonds is 26. The maximum absolute atomic E-state index is 11.4. The molecule has 4 nitrogen and oxygen atoms in total. The highest BCUT2D eigenvalue weighted by Crippen LogP contribution is 2.57. The Morgan fingerprint density at radius 1 is 0.750 bits per heavy atom. The fourth-order valence-electron chi connectivity index (χ4n) is 3.57. The van der Waals surface area contributed by atoms with Crippen molar-refractivity contribution in [2.45, 2.75) is 122 Å². The van der Waals surface area contributed by atoms with E-state index in [9.17, 15) is 4.57 Å². The number of halogens is 2. The van der Waals surface area contributed by atoms with Gasteiger partial charge in [0.05, 0.1) is 13.2 Å². The van der Waals surface area contributed by atoms with Gasteiger partial charge in [0, 0.05) is 13.2 Å². The molecule has 0 bridgehead atoms. The van der Waals surface area contributed by atoms with Crippen molar-refractivity contribution in [3.63, 3.8) is 0 Å². The molecule has 0 rings (SSSR count). The van der Waals surface area contributed by atoms with E-state index < -0.39 is 6.07 Å². The van der Waals surface area contributed by atoms with Gasteiger partial charge in [0.1, 0.15) is 6.10 Å². The first-order valence-corrected chi connectivity index (χ1v) is 16.4. The van der Waals surface area contributed by atoms with Crippen molar-refractivity contribution in [2.75, 3.05) is 26.4 Å². The van der Waals surface area contributed by atoms with E-state index in [0.29, 0.717) is 19.8 Å². The predicted molar refractivity (Wildman–Crippen MR) is 140 cm³/mol. The first kappa shape index (κ1) is 32.4. The first-order chi connectivity index (χ1) is 15.5. The Kier molecular flexibility index (Phi) is 24.9. The molecular weight excluding hydrogens is 466 g/mol. The minimum absolute atomic E-state index is 0.0739. The molecule has 0 saturated heterocycles. The lowest BCUT2D eigenvalue weighted by Gasteiger charge is -2.18. The van der Waals surface area contributed by atoms with E-state index in [2.05, 4.69) is 13.5 Å². The van der Waals surface area contributed by atoms with E-state index in [4.69, 9.17) is 36.5 Å². The summed E-state index contributed by atoms with van der Waals surface area (Å²) in [5, 5.41) is 0. The number of allylic oxidation sites excluding steroid dienone is 1. The monoisotopic (exact) mass is 514 g/mol. The normalized spacial score (nSPS) is 12.8. The van der Waals surface area contributed by atoms with Crippen LogP contribution in [0.25, 0.3) is 0 Å². The molecule has 0 aliphatic rings. The van der Waals surface area contributed by atoms with Gasteiger partial charge in [-0.1, -0.05) is 96.5 Å². The molecule has 0 aliphatic heterocycles. The predicted octanol–water partition coefficient (Wildman–Crippen LogP) is 9.83. The third-order valence-electron chi connectivity index (χ3n) is 5.51. The molecule has 0 radical (unpaired) electrons. The van der Waals surface area contributed by atoms with Gasteiger partial charge in [0.2, 0.25) is 0 Å². The van der Waals surface area contributed by atoms with Crippen LogP contribution in [0.1, 0.15) is 116 Å². The van der Waals surface area contributed by atoms with Crippen LogP contribution in [0.15, 0.2) is 12.7 Å². The number of ether oxygens (including phenoxy) is 2. The lowest BCUT2D eigenvalue weighted by Crippen LogP contribution is -2.25. The second kappa shape index (κ2) is 24.6. The molecule has 0 aromatic rings. The van der Waals surface area contributed by atoms with Gasteiger partial charge in [0.15, 0.2) is 0 Å². The standard InChI is InChI=1S/C25H49Cl2O4P/c1-3-5-7-9-10-11-12-13-14-15-16-17-18-19-21-29-23-25(24-31-32(26,27)28)30-22-20-8-6-4-2/h4,25H,2-3,5-24H2,1H3. The van der Waals surface area contributed by atoms with E-state index in [1.54, 1.807) is 0 Å². The Balaban J connectivity index is 3.58. The van der Waals surface area contributed by atoms with Crippen LogP contribution in [0, 0.1) is 0 Å². The van der Waals surface area contributed by atoms with Crippen LogP contribution in [-0.4, -0.2) is 32.5 Å². The van der Waals surface area contributed by atoms with Crippen LogP contribution in [0.2, 0.25) is 0 Å². The average molecular weight is 516 g/mol. The molecule has 7 heteroatoms. The summed E-state index contributed by atoms with van der Waals surface area (Å²) < 4.78 is 27.9. The molecule has 1 atom stereocenters. The summed E-state index contributed by atoms with van der Waals surface area (Å²) in [5.74, 6) is 0. The SMILES string of the molecule is C=CCCCCOC(COCCCCCCCCCCCCCCCC)COP(=O)(Cl)Cl. The summed E-state index contributed by atoms with van der Waals surface area (Å²) >= 11 is 10.9. The minimum Gasteiger partial charge on any atom is -0.379 e. The zero-order valence-electron chi connectivity index (χ0n) is 20.5. The largest absolute Gasteiger partial charge is 0.380 e. The van der Waals surface area contributed by atoms with Gasteiger partial charge in [0.25, 0.3) is 0 Å². The highest BCUT2D eigenvalue weighted by atomic mass is 35.9. The van der Waals surface area contributed by atoms with Crippen LogP contribution in [-0.2, 0) is 18.6 Å². The van der Waals surface area contributed by atoms with Crippen molar-refractivity contribution in [3.8, 4) is 0 Å². The summed E-state index contributed by atoms with van der Waals surface area (Å²) in [5.41, 5.74) is 0. The average Bonchev–Trinajstić information content (AvgIpc) is 2.75. The lowest BCUT2D eigenvalue weighted by atomic mass is 10.0. The highest BCUT2D eigenvalue weighted by Gasteiger charge is 2.19. The molecule has 0 amide bonds. The Bertz CT molecular complexity index is 446. The molecule has 0 saturated carbocycles. The second-order valence-corrected chi connectivity index (χ2v) is 12.9. The second-order valence-electron chi connectivity index (χ2n) is 8.66. The third kappa shape index (κ3) is 26.7. The van der Waals surface area contributed by atoms with E-state index >= 15 is 0 Å². The van der Waals surface area contributed by atoms with E-state index in [-0.39, 0.29) is 12.7 Å². The summed E-state index contributed by atoms with van der Waals surface area (Å²) in [7, 11) is 0. The lowest BCUT2D eigenvalue weighted by molar-refractivity contribution is -0.0374. The quantitative estimate of drug-likeness (QED) is 0.0653. The van der Waals surface area contributed by atoms with E-state index in [1.165, 1.54) is 83.5 Å². The van der Waals surface area contributed by atoms with Gasteiger partial charge in [-0.3, -0.25) is 4.57 Å². The smallest absolute Gasteiger partial charge is 0.379 e. The van der Waals surface area contributed by atoms with Crippen LogP contribution in [0.5, 0.6) is 0 Å². The summed E-state index contributed by atoms with van der Waals surface area (Å²) in [4.78, 5) is 0. The number of unbranched alkanes of at least 4 members (excludes halogenated alkanes) is 15. The van der Waals surface area contributed by atoms with Crippen molar-refractivity contribution in [1.82, 2.24) is 0 Å². The summed E-state index contributed by atoms with van der Waals surface area (Å²) in [6.45, 7) is 7.76. The van der Waals surface area contributed by atoms with Crippen LogP contribution < -0.4 is 0 Å². The summed E-state index contributed by atoms with van der Waals surface area (Å²) in [6.07, 6.45) is 19.7. The molecule has 192 valence electrons. The first-order valence-electron chi connectivity index (χ1n) is 12.9. The van der Waals surface area contributed by atoms with Gasteiger partial charge in [-0.15, -0.1) is 6.58 Å². The Morgan fingerprint density at radius 2 is 1.25 bits per heavy atom. The fourth-order valence-corrected chi connectivity index (χ4v) is 4.25. The Labute approximate surface area is 208 Å². The molecular formula is C25H49Cl2O4P. The van der Waals surface area contributed by atoms with Gasteiger partial charge < -0.3 is 14.0 Å². The molecule has 32 heavy (non-hydrogen) atoms. The zero-order chi connectivity index (χ0) is 23.8. The van der Waals surface area contributed by atoms with Gasteiger partial charge >= 0.3 is 6.07 Å². The van der Waals surface area contributed by atoms with Crippen LogP contribution >= 0.6 is 28.6 Å². The number of hydrogen-bond donors (Lipinski definition) is 0. The number of hydrogen-bond acceptors (Lipinski definition) is 4. The highest BCUT2D eigenvalue weighted by molar-refractivity contribution is 8.05. The van der Waals surface area contributed by atoms with Crippen molar-refractivity contribution in [3.05, 3.63) is 12.7 Å². The van der Waals surface area contributed by atoms with Gasteiger partial charge in [-0.05, 0) is 48.2 Å².